The smallest absolute Gasteiger partial charge is 0.229 e. The maximum atomic E-state index is 12.8. The zero-order valence-electron chi connectivity index (χ0n) is 17.4. The normalized spacial score (nSPS) is 15.5. The van der Waals surface area contributed by atoms with Crippen LogP contribution in [0.1, 0.15) is 18.9 Å². The summed E-state index contributed by atoms with van der Waals surface area (Å²) in [6.07, 6.45) is 0.169. The fourth-order valence-corrected chi connectivity index (χ4v) is 3.35. The summed E-state index contributed by atoms with van der Waals surface area (Å²) in [6.45, 7) is 3.99. The highest BCUT2D eigenvalue weighted by Crippen LogP contribution is 2.32. The number of carbonyl (C=O) groups is 2. The summed E-state index contributed by atoms with van der Waals surface area (Å²) in [5.41, 5.74) is 2.49. The molecule has 2 aromatic carbocycles. The molecule has 1 fully saturated rings. The van der Waals surface area contributed by atoms with Crippen molar-refractivity contribution in [1.29, 1.82) is 0 Å². The second-order valence-electron chi connectivity index (χ2n) is 6.95. The summed E-state index contributed by atoms with van der Waals surface area (Å²) >= 11 is 0. The van der Waals surface area contributed by atoms with Gasteiger partial charge in [0.15, 0.2) is 0 Å². The molecule has 0 spiro atoms. The Bertz CT molecular complexity index is 868. The minimum atomic E-state index is -0.419. The van der Waals surface area contributed by atoms with Crippen molar-refractivity contribution in [2.24, 2.45) is 5.92 Å². The number of amides is 2. The van der Waals surface area contributed by atoms with Crippen molar-refractivity contribution in [3.8, 4) is 11.5 Å². The molecule has 3 rings (SSSR count). The van der Waals surface area contributed by atoms with E-state index in [4.69, 9.17) is 9.47 Å². The lowest BCUT2D eigenvalue weighted by Gasteiger charge is -2.18. The van der Waals surface area contributed by atoms with Gasteiger partial charge in [-0.1, -0.05) is 19.1 Å². The van der Waals surface area contributed by atoms with Crippen molar-refractivity contribution < 1.29 is 19.1 Å². The van der Waals surface area contributed by atoms with Crippen LogP contribution in [-0.4, -0.2) is 39.1 Å². The highest BCUT2D eigenvalue weighted by Gasteiger charge is 2.35. The van der Waals surface area contributed by atoms with Crippen LogP contribution in [0.4, 0.5) is 11.4 Å². The second-order valence-corrected chi connectivity index (χ2v) is 6.95. The summed E-state index contributed by atoms with van der Waals surface area (Å²) in [6, 6.07) is 13.0. The van der Waals surface area contributed by atoms with Crippen molar-refractivity contribution in [3.63, 3.8) is 0 Å². The predicted octanol–water partition coefficient (Wildman–Crippen LogP) is 3.23. The summed E-state index contributed by atoms with van der Waals surface area (Å²) in [5.74, 6) is 0.518. The maximum absolute atomic E-state index is 12.8. The van der Waals surface area contributed by atoms with Gasteiger partial charge in [-0.05, 0) is 24.2 Å². The molecule has 7 nitrogen and oxygen atoms in total. The van der Waals surface area contributed by atoms with E-state index in [0.717, 1.165) is 24.3 Å². The number of anilines is 2. The lowest BCUT2D eigenvalue weighted by atomic mass is 10.1. The Morgan fingerprint density at radius 3 is 2.47 bits per heavy atom. The number of ether oxygens (including phenoxy) is 2. The van der Waals surface area contributed by atoms with Crippen LogP contribution >= 0.6 is 12.4 Å². The standard InChI is InChI=1S/C22H27N3O4.ClH/c1-4-23-13-15-6-5-7-17(8-15)24-22(27)16-9-21(26)25(14-16)18-10-19(28-2)12-20(11-18)29-3;/h5-8,10-12,16,23H,4,9,13-14H2,1-3H3,(H,24,27);1H. The van der Waals surface area contributed by atoms with Gasteiger partial charge < -0.3 is 25.0 Å². The van der Waals surface area contributed by atoms with Crippen LogP contribution in [0.25, 0.3) is 0 Å². The van der Waals surface area contributed by atoms with Gasteiger partial charge in [-0.15, -0.1) is 12.4 Å². The van der Waals surface area contributed by atoms with Gasteiger partial charge in [-0.2, -0.15) is 0 Å². The molecule has 162 valence electrons. The van der Waals surface area contributed by atoms with Crippen LogP contribution in [0.2, 0.25) is 0 Å². The maximum Gasteiger partial charge on any atom is 0.229 e. The summed E-state index contributed by atoms with van der Waals surface area (Å²) in [7, 11) is 3.12. The van der Waals surface area contributed by atoms with Gasteiger partial charge in [0.1, 0.15) is 11.5 Å². The van der Waals surface area contributed by atoms with Crippen LogP contribution in [0.15, 0.2) is 42.5 Å². The van der Waals surface area contributed by atoms with E-state index in [1.807, 2.05) is 31.2 Å². The van der Waals surface area contributed by atoms with Crippen LogP contribution < -0.4 is 25.0 Å². The predicted molar refractivity (Wildman–Crippen MR) is 120 cm³/mol. The third kappa shape index (κ3) is 5.64. The second kappa shape index (κ2) is 10.8. The van der Waals surface area contributed by atoms with Crippen molar-refractivity contribution in [3.05, 3.63) is 48.0 Å². The molecular formula is C22H28ClN3O4. The largest absolute Gasteiger partial charge is 0.497 e. The van der Waals surface area contributed by atoms with Gasteiger partial charge in [0, 0.05) is 43.4 Å². The van der Waals surface area contributed by atoms with E-state index < -0.39 is 5.92 Å². The molecule has 1 aliphatic heterocycles. The summed E-state index contributed by atoms with van der Waals surface area (Å²) in [4.78, 5) is 26.9. The molecule has 8 heteroatoms. The van der Waals surface area contributed by atoms with E-state index in [9.17, 15) is 9.59 Å². The molecule has 0 aromatic heterocycles. The first kappa shape index (κ1) is 23.5. The fourth-order valence-electron chi connectivity index (χ4n) is 3.35. The van der Waals surface area contributed by atoms with Crippen molar-refractivity contribution >= 4 is 35.6 Å². The molecule has 1 unspecified atom stereocenters. The number of benzene rings is 2. The molecule has 0 radical (unpaired) electrons. The molecule has 2 N–H and O–H groups in total. The Labute approximate surface area is 183 Å². The Morgan fingerprint density at radius 1 is 1.13 bits per heavy atom. The van der Waals surface area contributed by atoms with E-state index in [0.29, 0.717) is 23.7 Å². The van der Waals surface area contributed by atoms with Gasteiger partial charge in [-0.25, -0.2) is 0 Å². The van der Waals surface area contributed by atoms with Crippen LogP contribution in [-0.2, 0) is 16.1 Å². The van der Waals surface area contributed by atoms with Crippen molar-refractivity contribution in [2.45, 2.75) is 19.9 Å². The third-order valence-corrected chi connectivity index (χ3v) is 4.92. The van der Waals surface area contributed by atoms with Crippen molar-refractivity contribution in [2.75, 3.05) is 37.5 Å². The van der Waals surface area contributed by atoms with Crippen LogP contribution in [0.3, 0.4) is 0 Å². The Hall–Kier alpha value is -2.77. The minimum absolute atomic E-state index is 0. The topological polar surface area (TPSA) is 79.9 Å². The Kier molecular flexibility index (Phi) is 8.50. The number of halogens is 1. The first-order chi connectivity index (χ1) is 14.0. The summed E-state index contributed by atoms with van der Waals surface area (Å²) < 4.78 is 10.6. The Morgan fingerprint density at radius 2 is 1.83 bits per heavy atom. The molecule has 1 saturated heterocycles. The molecule has 30 heavy (non-hydrogen) atoms. The van der Waals surface area contributed by atoms with E-state index in [1.54, 1.807) is 37.3 Å². The lowest BCUT2D eigenvalue weighted by Crippen LogP contribution is -2.28. The van der Waals surface area contributed by atoms with Gasteiger partial charge in [-0.3, -0.25) is 9.59 Å². The number of hydrogen-bond acceptors (Lipinski definition) is 5. The van der Waals surface area contributed by atoms with E-state index >= 15 is 0 Å². The number of carbonyl (C=O) groups excluding carboxylic acids is 2. The molecular weight excluding hydrogens is 406 g/mol. The zero-order valence-corrected chi connectivity index (χ0v) is 18.3. The fraction of sp³-hybridized carbons (Fsp3) is 0.364. The molecule has 2 aromatic rings. The zero-order chi connectivity index (χ0) is 20.8. The Balaban J connectivity index is 0.00000320. The van der Waals surface area contributed by atoms with Gasteiger partial charge in [0.2, 0.25) is 11.8 Å². The van der Waals surface area contributed by atoms with Gasteiger partial charge in [0.05, 0.1) is 25.8 Å². The number of nitrogens with one attached hydrogen (secondary N) is 2. The average molecular weight is 434 g/mol. The van der Waals surface area contributed by atoms with Gasteiger partial charge >= 0.3 is 0 Å². The van der Waals surface area contributed by atoms with E-state index in [2.05, 4.69) is 10.6 Å². The molecule has 1 aliphatic rings. The molecule has 2 amide bonds. The molecule has 0 saturated carbocycles. The van der Waals surface area contributed by atoms with Crippen LogP contribution in [0.5, 0.6) is 11.5 Å². The number of rotatable bonds is 8. The van der Waals surface area contributed by atoms with E-state index in [-0.39, 0.29) is 30.6 Å². The van der Waals surface area contributed by atoms with E-state index in [1.165, 1.54) is 0 Å². The number of methoxy groups -OCH3 is 2. The third-order valence-electron chi connectivity index (χ3n) is 4.92. The first-order valence-corrected chi connectivity index (χ1v) is 9.68. The average Bonchev–Trinajstić information content (AvgIpc) is 3.14. The number of nitrogens with zero attached hydrogens (tertiary/aromatic N) is 1. The monoisotopic (exact) mass is 433 g/mol. The molecule has 1 atom stereocenters. The quantitative estimate of drug-likeness (QED) is 0.668. The first-order valence-electron chi connectivity index (χ1n) is 9.68. The highest BCUT2D eigenvalue weighted by molar-refractivity contribution is 6.03. The summed E-state index contributed by atoms with van der Waals surface area (Å²) in [5, 5.41) is 6.21. The van der Waals surface area contributed by atoms with Gasteiger partial charge in [0.25, 0.3) is 0 Å². The number of hydrogen-bond donors (Lipinski definition) is 2. The molecule has 0 bridgehead atoms. The minimum Gasteiger partial charge on any atom is -0.497 e. The van der Waals surface area contributed by atoms with Crippen molar-refractivity contribution in [1.82, 2.24) is 5.32 Å². The molecule has 0 aliphatic carbocycles. The lowest BCUT2D eigenvalue weighted by molar-refractivity contribution is -0.122. The highest BCUT2D eigenvalue weighted by atomic mass is 35.5. The SMILES string of the molecule is CCNCc1cccc(NC(=O)C2CC(=O)N(c3cc(OC)cc(OC)c3)C2)c1.Cl. The van der Waals surface area contributed by atoms with Crippen LogP contribution in [0, 0.1) is 5.92 Å². The molecule has 1 heterocycles.